The predicted octanol–water partition coefficient (Wildman–Crippen LogP) is 4.33. The van der Waals surface area contributed by atoms with E-state index in [4.69, 9.17) is 32.7 Å². The van der Waals surface area contributed by atoms with E-state index in [1.165, 1.54) is 12.1 Å². The van der Waals surface area contributed by atoms with Crippen LogP contribution >= 0.6 is 23.2 Å². The van der Waals surface area contributed by atoms with Crippen molar-refractivity contribution < 1.29 is 19.2 Å². The van der Waals surface area contributed by atoms with Crippen molar-refractivity contribution in [1.29, 1.82) is 0 Å². The quantitative estimate of drug-likeness (QED) is 0.139. The third-order valence-corrected chi connectivity index (χ3v) is 6.57. The van der Waals surface area contributed by atoms with Crippen molar-refractivity contribution in [2.45, 2.75) is 38.3 Å². The fraction of sp³-hybridized carbons (Fsp3) is 0.417. The average molecular weight is 552 g/mol. The molecule has 1 aromatic heterocycles. The molecule has 1 amide bonds. The SMILES string of the molecule is O=C(CCl)NCCCCn1c(=O)[nH]c2ccc(Nc3cc(OC4CCOCC4)c([N+](=O)[O-])cc3Cl)cc21. The Hall–Kier alpha value is -3.28. The maximum Gasteiger partial charge on any atom is 0.326 e. The molecule has 2 aromatic carbocycles. The third-order valence-electron chi connectivity index (χ3n) is 6.01. The zero-order valence-electron chi connectivity index (χ0n) is 19.9. The van der Waals surface area contributed by atoms with Crippen molar-refractivity contribution in [2.75, 3.05) is 31.0 Å². The lowest BCUT2D eigenvalue weighted by Gasteiger charge is -2.23. The first kappa shape index (κ1) is 26.8. The Kier molecular flexibility index (Phi) is 8.91. The Labute approximate surface area is 222 Å². The summed E-state index contributed by atoms with van der Waals surface area (Å²) in [7, 11) is 0. The molecule has 0 spiro atoms. The molecular weight excluding hydrogens is 525 g/mol. The van der Waals surface area contributed by atoms with Crippen LogP contribution in [0.4, 0.5) is 17.1 Å². The summed E-state index contributed by atoms with van der Waals surface area (Å²) in [5.41, 5.74) is 1.99. The predicted molar refractivity (Wildman–Crippen MR) is 141 cm³/mol. The molecule has 37 heavy (non-hydrogen) atoms. The first-order valence-corrected chi connectivity index (χ1v) is 12.8. The smallest absolute Gasteiger partial charge is 0.326 e. The van der Waals surface area contributed by atoms with Gasteiger partial charge in [-0.1, -0.05) is 11.6 Å². The number of benzene rings is 2. The number of unbranched alkanes of at least 4 members (excludes halogenated alkanes) is 1. The molecule has 11 nitrogen and oxygen atoms in total. The number of alkyl halides is 1. The van der Waals surface area contributed by atoms with Crippen molar-refractivity contribution in [3.05, 3.63) is 56.0 Å². The van der Waals surface area contributed by atoms with Crippen molar-refractivity contribution in [1.82, 2.24) is 14.9 Å². The number of anilines is 2. The highest BCUT2D eigenvalue weighted by molar-refractivity contribution is 6.33. The maximum atomic E-state index is 12.5. The van der Waals surface area contributed by atoms with Crippen LogP contribution in [-0.2, 0) is 16.1 Å². The van der Waals surface area contributed by atoms with Gasteiger partial charge in [-0.3, -0.25) is 19.5 Å². The number of aromatic amines is 1. The molecule has 0 saturated carbocycles. The second-order valence-electron chi connectivity index (χ2n) is 8.62. The first-order chi connectivity index (χ1) is 17.9. The van der Waals surface area contributed by atoms with Crippen LogP contribution in [0.25, 0.3) is 11.0 Å². The summed E-state index contributed by atoms with van der Waals surface area (Å²) in [5, 5.41) is 17.7. The lowest BCUT2D eigenvalue weighted by Crippen LogP contribution is -2.26. The van der Waals surface area contributed by atoms with E-state index in [9.17, 15) is 19.7 Å². The van der Waals surface area contributed by atoms with Crippen molar-refractivity contribution in [2.24, 2.45) is 0 Å². The van der Waals surface area contributed by atoms with E-state index in [0.29, 0.717) is 74.4 Å². The molecule has 3 N–H and O–H groups in total. The van der Waals surface area contributed by atoms with Crippen LogP contribution in [0.5, 0.6) is 5.75 Å². The van der Waals surface area contributed by atoms with Gasteiger partial charge in [0, 0.05) is 43.8 Å². The average Bonchev–Trinajstić information content (AvgIpc) is 3.20. The number of ether oxygens (including phenoxy) is 2. The minimum atomic E-state index is -0.518. The van der Waals surface area contributed by atoms with Gasteiger partial charge in [0.2, 0.25) is 5.91 Å². The molecule has 3 aromatic rings. The summed E-state index contributed by atoms with van der Waals surface area (Å²) in [6.07, 6.45) is 2.46. The number of imidazole rings is 1. The summed E-state index contributed by atoms with van der Waals surface area (Å²) in [5.74, 6) is -0.183. The lowest BCUT2D eigenvalue weighted by molar-refractivity contribution is -0.386. The topological polar surface area (TPSA) is 141 Å². The monoisotopic (exact) mass is 551 g/mol. The number of nitro groups is 1. The van der Waals surface area contributed by atoms with Gasteiger partial charge in [-0.05, 0) is 31.0 Å². The highest BCUT2D eigenvalue weighted by Crippen LogP contribution is 2.38. The van der Waals surface area contributed by atoms with E-state index < -0.39 is 4.92 Å². The number of aromatic nitrogens is 2. The minimum absolute atomic E-state index is 0.0837. The molecule has 1 aliphatic heterocycles. The second kappa shape index (κ2) is 12.3. The fourth-order valence-electron chi connectivity index (χ4n) is 4.13. The number of nitrogens with one attached hydrogen (secondary N) is 3. The van der Waals surface area contributed by atoms with Crippen LogP contribution in [0.15, 0.2) is 35.1 Å². The van der Waals surface area contributed by atoms with Gasteiger partial charge >= 0.3 is 11.4 Å². The number of carbonyl (C=O) groups is 1. The van der Waals surface area contributed by atoms with Gasteiger partial charge in [0.15, 0.2) is 5.75 Å². The van der Waals surface area contributed by atoms with Gasteiger partial charge in [0.05, 0.1) is 39.9 Å². The van der Waals surface area contributed by atoms with Gasteiger partial charge in [0.25, 0.3) is 0 Å². The van der Waals surface area contributed by atoms with E-state index in [-0.39, 0.29) is 40.0 Å². The molecule has 0 bridgehead atoms. The van der Waals surface area contributed by atoms with Crippen molar-refractivity contribution in [3.8, 4) is 5.75 Å². The van der Waals surface area contributed by atoms with Crippen molar-refractivity contribution >= 4 is 57.2 Å². The van der Waals surface area contributed by atoms with E-state index >= 15 is 0 Å². The Bertz CT molecular complexity index is 1340. The molecular formula is C24H27Cl2N5O6. The number of aryl methyl sites for hydroxylation is 1. The van der Waals surface area contributed by atoms with Gasteiger partial charge in [0.1, 0.15) is 12.0 Å². The molecule has 1 fully saturated rings. The Morgan fingerprint density at radius 1 is 1.24 bits per heavy atom. The maximum absolute atomic E-state index is 12.5. The summed E-state index contributed by atoms with van der Waals surface area (Å²) in [4.78, 5) is 37.7. The number of carbonyl (C=O) groups excluding carboxylic acids is 1. The van der Waals surface area contributed by atoms with E-state index in [1.54, 1.807) is 22.8 Å². The van der Waals surface area contributed by atoms with E-state index in [0.717, 1.165) is 0 Å². The van der Waals surface area contributed by atoms with E-state index in [1.807, 2.05) is 0 Å². The summed E-state index contributed by atoms with van der Waals surface area (Å²) < 4.78 is 12.9. The zero-order valence-corrected chi connectivity index (χ0v) is 21.4. The normalized spacial score (nSPS) is 14.0. The number of amides is 1. The van der Waals surface area contributed by atoms with Crippen LogP contribution in [0.1, 0.15) is 25.7 Å². The Morgan fingerprint density at radius 3 is 2.76 bits per heavy atom. The molecule has 0 aliphatic carbocycles. The molecule has 13 heteroatoms. The number of fused-ring (bicyclic) bond motifs is 1. The Balaban J connectivity index is 1.53. The molecule has 1 aliphatic rings. The zero-order chi connectivity index (χ0) is 26.4. The number of halogens is 2. The van der Waals surface area contributed by atoms with Gasteiger partial charge in [-0.25, -0.2) is 4.79 Å². The minimum Gasteiger partial charge on any atom is -0.483 e. The van der Waals surface area contributed by atoms with Crippen LogP contribution in [-0.4, -0.2) is 52.1 Å². The Morgan fingerprint density at radius 2 is 2.03 bits per heavy atom. The van der Waals surface area contributed by atoms with Gasteiger partial charge in [-0.2, -0.15) is 0 Å². The van der Waals surface area contributed by atoms with Crippen LogP contribution in [0.3, 0.4) is 0 Å². The highest BCUT2D eigenvalue weighted by atomic mass is 35.5. The number of hydrogen-bond acceptors (Lipinski definition) is 7. The molecule has 0 radical (unpaired) electrons. The third kappa shape index (κ3) is 6.73. The van der Waals surface area contributed by atoms with Crippen molar-refractivity contribution in [3.63, 3.8) is 0 Å². The van der Waals surface area contributed by atoms with Crippen LogP contribution < -0.4 is 21.1 Å². The van der Waals surface area contributed by atoms with Crippen LogP contribution in [0, 0.1) is 10.1 Å². The summed E-state index contributed by atoms with van der Waals surface area (Å²) in [6.45, 7) is 2.02. The molecule has 0 atom stereocenters. The largest absolute Gasteiger partial charge is 0.483 e. The summed E-state index contributed by atoms with van der Waals surface area (Å²) >= 11 is 11.9. The number of hydrogen-bond donors (Lipinski definition) is 3. The highest BCUT2D eigenvalue weighted by Gasteiger charge is 2.24. The number of nitro benzene ring substituents is 1. The first-order valence-electron chi connectivity index (χ1n) is 11.9. The molecule has 1 saturated heterocycles. The number of nitrogens with zero attached hydrogens (tertiary/aromatic N) is 2. The fourth-order valence-corrected chi connectivity index (χ4v) is 4.43. The van der Waals surface area contributed by atoms with E-state index in [2.05, 4.69) is 15.6 Å². The van der Waals surface area contributed by atoms with Gasteiger partial charge in [-0.15, -0.1) is 11.6 Å². The molecule has 2 heterocycles. The van der Waals surface area contributed by atoms with Crippen LogP contribution in [0.2, 0.25) is 5.02 Å². The summed E-state index contributed by atoms with van der Waals surface area (Å²) in [6, 6.07) is 8.15. The molecule has 0 unspecified atom stereocenters. The lowest BCUT2D eigenvalue weighted by atomic mass is 10.1. The van der Waals surface area contributed by atoms with Gasteiger partial charge < -0.3 is 25.1 Å². The standard InChI is InChI=1S/C24H27Cl2N5O6/c25-14-23(32)27-7-1-2-8-30-20-11-15(3-4-18(20)29-24(30)33)28-19-13-22(21(31(34)35)12-17(19)26)37-16-5-9-36-10-6-16/h3-4,11-13,16,28H,1-2,5-10,14H2,(H,27,32)(H,29,33). The molecule has 4 rings (SSSR count). The number of H-pyrrole nitrogens is 1. The second-order valence-corrected chi connectivity index (χ2v) is 9.29. The molecule has 198 valence electrons. The number of rotatable bonds is 11.